The molecule has 0 saturated heterocycles. The van der Waals surface area contributed by atoms with Crippen molar-refractivity contribution in [3.05, 3.63) is 0 Å². The zero-order chi connectivity index (χ0) is 12.7. The molecule has 2 unspecified atom stereocenters. The van der Waals surface area contributed by atoms with Crippen molar-refractivity contribution in [3.8, 4) is 12.3 Å². The lowest BCUT2D eigenvalue weighted by Crippen LogP contribution is -2.56. The number of hydrogen-bond acceptors (Lipinski definition) is 2. The van der Waals surface area contributed by atoms with E-state index >= 15 is 0 Å². The van der Waals surface area contributed by atoms with E-state index in [1.807, 2.05) is 0 Å². The molecule has 0 aromatic carbocycles. The zero-order valence-corrected chi connectivity index (χ0v) is 10.8. The number of terminal acetylenes is 1. The molecule has 0 heterocycles. The standard InChI is InChI=1S/C14H24N2O/c1-3-4-5-6-10-16-13(17)14(15)9-7-8-12(2)11-14/h1,12H,4-11,15H2,2H3,(H,16,17). The van der Waals surface area contributed by atoms with E-state index < -0.39 is 5.54 Å². The fourth-order valence-electron chi connectivity index (χ4n) is 2.53. The van der Waals surface area contributed by atoms with Gasteiger partial charge in [-0.3, -0.25) is 4.79 Å². The van der Waals surface area contributed by atoms with Crippen LogP contribution in [0.15, 0.2) is 0 Å². The first kappa shape index (κ1) is 14.1. The third kappa shape index (κ3) is 4.40. The van der Waals surface area contributed by atoms with Crippen molar-refractivity contribution in [1.82, 2.24) is 5.32 Å². The van der Waals surface area contributed by atoms with E-state index in [2.05, 4.69) is 18.2 Å². The molecule has 0 bridgehead atoms. The van der Waals surface area contributed by atoms with E-state index in [1.165, 1.54) is 6.42 Å². The second-order valence-corrected chi connectivity index (χ2v) is 5.27. The summed E-state index contributed by atoms with van der Waals surface area (Å²) < 4.78 is 0. The summed E-state index contributed by atoms with van der Waals surface area (Å²) in [6.07, 6.45) is 11.7. The Labute approximate surface area is 105 Å². The Morgan fingerprint density at radius 2 is 2.35 bits per heavy atom. The first-order valence-corrected chi connectivity index (χ1v) is 6.59. The van der Waals surface area contributed by atoms with Gasteiger partial charge in [-0.1, -0.05) is 19.8 Å². The van der Waals surface area contributed by atoms with Crippen LogP contribution in [0.2, 0.25) is 0 Å². The normalized spacial score (nSPS) is 28.4. The summed E-state index contributed by atoms with van der Waals surface area (Å²) in [4.78, 5) is 12.0. The van der Waals surface area contributed by atoms with Crippen LogP contribution in [0.3, 0.4) is 0 Å². The van der Waals surface area contributed by atoms with E-state index in [0.717, 1.165) is 38.5 Å². The van der Waals surface area contributed by atoms with Gasteiger partial charge in [0, 0.05) is 13.0 Å². The molecule has 0 aromatic rings. The van der Waals surface area contributed by atoms with Gasteiger partial charge in [0.1, 0.15) is 0 Å². The molecule has 1 aliphatic rings. The number of hydrogen-bond donors (Lipinski definition) is 2. The van der Waals surface area contributed by atoms with E-state index in [9.17, 15) is 4.79 Å². The van der Waals surface area contributed by atoms with Crippen LogP contribution in [0, 0.1) is 18.3 Å². The molecule has 0 spiro atoms. The Kier molecular flexibility index (Phi) is 5.50. The highest BCUT2D eigenvalue weighted by atomic mass is 16.2. The monoisotopic (exact) mass is 236 g/mol. The maximum absolute atomic E-state index is 12.0. The van der Waals surface area contributed by atoms with Crippen molar-refractivity contribution >= 4 is 5.91 Å². The lowest BCUT2D eigenvalue weighted by Gasteiger charge is -2.35. The van der Waals surface area contributed by atoms with Crippen molar-refractivity contribution in [2.75, 3.05) is 6.54 Å². The Morgan fingerprint density at radius 1 is 1.59 bits per heavy atom. The Balaban J connectivity index is 2.28. The average Bonchev–Trinajstić information content (AvgIpc) is 2.28. The molecule has 96 valence electrons. The van der Waals surface area contributed by atoms with Crippen molar-refractivity contribution in [3.63, 3.8) is 0 Å². The molecule has 1 amide bonds. The third-order valence-electron chi connectivity index (χ3n) is 3.52. The van der Waals surface area contributed by atoms with Crippen LogP contribution >= 0.6 is 0 Å². The summed E-state index contributed by atoms with van der Waals surface area (Å²) in [5.41, 5.74) is 5.55. The largest absolute Gasteiger partial charge is 0.355 e. The topological polar surface area (TPSA) is 55.1 Å². The van der Waals surface area contributed by atoms with E-state index in [-0.39, 0.29) is 5.91 Å². The number of nitrogens with one attached hydrogen (secondary N) is 1. The molecule has 1 saturated carbocycles. The Hall–Kier alpha value is -1.01. The Bertz CT molecular complexity index is 295. The molecule has 0 radical (unpaired) electrons. The lowest BCUT2D eigenvalue weighted by molar-refractivity contribution is -0.128. The minimum Gasteiger partial charge on any atom is -0.355 e. The predicted molar refractivity (Wildman–Crippen MR) is 70.2 cm³/mol. The summed E-state index contributed by atoms with van der Waals surface area (Å²) in [6, 6.07) is 0. The van der Waals surface area contributed by atoms with E-state index in [0.29, 0.717) is 12.5 Å². The summed E-state index contributed by atoms with van der Waals surface area (Å²) >= 11 is 0. The molecule has 0 aliphatic heterocycles. The second-order valence-electron chi connectivity index (χ2n) is 5.27. The third-order valence-corrected chi connectivity index (χ3v) is 3.52. The summed E-state index contributed by atoms with van der Waals surface area (Å²) in [7, 11) is 0. The number of nitrogens with two attached hydrogens (primary N) is 1. The van der Waals surface area contributed by atoms with Crippen LogP contribution in [-0.2, 0) is 4.79 Å². The number of carbonyl (C=O) groups excluding carboxylic acids is 1. The van der Waals surface area contributed by atoms with Gasteiger partial charge in [-0.05, 0) is 31.6 Å². The molecule has 17 heavy (non-hydrogen) atoms. The number of unbranched alkanes of at least 4 members (excludes halogenated alkanes) is 2. The SMILES string of the molecule is C#CCCCCNC(=O)C1(N)CCCC(C)C1. The molecule has 0 aromatic heterocycles. The van der Waals surface area contributed by atoms with Crippen molar-refractivity contribution in [1.29, 1.82) is 0 Å². The van der Waals surface area contributed by atoms with Gasteiger partial charge in [-0.25, -0.2) is 0 Å². The van der Waals surface area contributed by atoms with Gasteiger partial charge in [0.2, 0.25) is 5.91 Å². The number of amides is 1. The highest BCUT2D eigenvalue weighted by molar-refractivity contribution is 5.86. The van der Waals surface area contributed by atoms with Gasteiger partial charge in [0.15, 0.2) is 0 Å². The molecule has 3 heteroatoms. The first-order chi connectivity index (χ1) is 8.08. The molecule has 3 N–H and O–H groups in total. The van der Waals surface area contributed by atoms with Gasteiger partial charge in [0.25, 0.3) is 0 Å². The minimum absolute atomic E-state index is 0.0183. The van der Waals surface area contributed by atoms with Gasteiger partial charge in [0.05, 0.1) is 5.54 Å². The number of carbonyl (C=O) groups is 1. The lowest BCUT2D eigenvalue weighted by atomic mass is 9.76. The average molecular weight is 236 g/mol. The summed E-state index contributed by atoms with van der Waals surface area (Å²) in [6.45, 7) is 2.86. The van der Waals surface area contributed by atoms with Gasteiger partial charge in [-0.2, -0.15) is 0 Å². The molecule has 3 nitrogen and oxygen atoms in total. The molecule has 1 rings (SSSR count). The van der Waals surface area contributed by atoms with Crippen LogP contribution in [-0.4, -0.2) is 18.0 Å². The van der Waals surface area contributed by atoms with E-state index in [4.69, 9.17) is 12.2 Å². The molecular weight excluding hydrogens is 212 g/mol. The van der Waals surface area contributed by atoms with Crippen LogP contribution in [0.1, 0.15) is 51.9 Å². The van der Waals surface area contributed by atoms with Crippen LogP contribution in [0.25, 0.3) is 0 Å². The quantitative estimate of drug-likeness (QED) is 0.565. The van der Waals surface area contributed by atoms with E-state index in [1.54, 1.807) is 0 Å². The van der Waals surface area contributed by atoms with Crippen LogP contribution in [0.5, 0.6) is 0 Å². The number of rotatable bonds is 5. The molecule has 1 fully saturated rings. The molecule has 2 atom stereocenters. The second kappa shape index (κ2) is 6.66. The first-order valence-electron chi connectivity index (χ1n) is 6.59. The predicted octanol–water partition coefficient (Wildman–Crippen LogP) is 1.81. The van der Waals surface area contributed by atoms with Crippen LogP contribution < -0.4 is 11.1 Å². The maximum atomic E-state index is 12.0. The molecular formula is C14H24N2O. The van der Waals surface area contributed by atoms with Crippen molar-refractivity contribution in [2.24, 2.45) is 11.7 Å². The Morgan fingerprint density at radius 3 is 3.00 bits per heavy atom. The highest BCUT2D eigenvalue weighted by Crippen LogP contribution is 2.30. The summed E-state index contributed by atoms with van der Waals surface area (Å²) in [5.74, 6) is 3.17. The smallest absolute Gasteiger partial charge is 0.240 e. The van der Waals surface area contributed by atoms with Crippen molar-refractivity contribution < 1.29 is 4.79 Å². The fraction of sp³-hybridized carbons (Fsp3) is 0.786. The van der Waals surface area contributed by atoms with Gasteiger partial charge in [-0.15, -0.1) is 12.3 Å². The van der Waals surface area contributed by atoms with Gasteiger partial charge < -0.3 is 11.1 Å². The van der Waals surface area contributed by atoms with Crippen LogP contribution in [0.4, 0.5) is 0 Å². The molecule has 1 aliphatic carbocycles. The van der Waals surface area contributed by atoms with Gasteiger partial charge >= 0.3 is 0 Å². The minimum atomic E-state index is -0.635. The maximum Gasteiger partial charge on any atom is 0.240 e. The summed E-state index contributed by atoms with van der Waals surface area (Å²) in [5, 5.41) is 2.94. The zero-order valence-electron chi connectivity index (χ0n) is 10.8. The fourth-order valence-corrected chi connectivity index (χ4v) is 2.53. The highest BCUT2D eigenvalue weighted by Gasteiger charge is 2.37. The van der Waals surface area contributed by atoms with Crippen molar-refractivity contribution in [2.45, 2.75) is 57.4 Å².